The third kappa shape index (κ3) is 1.55. The summed E-state index contributed by atoms with van der Waals surface area (Å²) in [5, 5.41) is 0. The minimum atomic E-state index is 0.764. The quantitative estimate of drug-likeness (QED) is 0.556. The van der Waals surface area contributed by atoms with E-state index in [2.05, 4.69) is 21.0 Å². The van der Waals surface area contributed by atoms with E-state index in [4.69, 9.17) is 0 Å². The number of rotatable bonds is 4. The van der Waals surface area contributed by atoms with Crippen LogP contribution in [0, 0.1) is 10.8 Å². The van der Waals surface area contributed by atoms with Gasteiger partial charge in [0.25, 0.3) is 0 Å². The van der Waals surface area contributed by atoms with E-state index >= 15 is 0 Å². The first kappa shape index (κ1) is 8.65. The van der Waals surface area contributed by atoms with Gasteiger partial charge in [0.2, 0.25) is 0 Å². The van der Waals surface area contributed by atoms with Crippen LogP contribution in [-0.4, -0.2) is 7.28 Å². The van der Waals surface area contributed by atoms with Gasteiger partial charge in [0.05, 0.1) is 0 Å². The van der Waals surface area contributed by atoms with Crippen LogP contribution in [-0.2, 0) is 0 Å². The summed E-state index contributed by atoms with van der Waals surface area (Å²) >= 11 is 0. The lowest BCUT2D eigenvalue weighted by Gasteiger charge is -2.44. The largest absolute Gasteiger partial charge is 0.106 e. The summed E-state index contributed by atoms with van der Waals surface area (Å²) in [6.45, 7) is 4.69. The van der Waals surface area contributed by atoms with Crippen molar-refractivity contribution in [3.8, 4) is 0 Å². The average Bonchev–Trinajstić information content (AvgIpc) is 2.64. The molecule has 0 atom stereocenters. The zero-order valence-electron chi connectivity index (χ0n) is 8.53. The fourth-order valence-corrected chi connectivity index (χ4v) is 2.86. The lowest BCUT2D eigenvalue weighted by molar-refractivity contribution is 0.114. The summed E-state index contributed by atoms with van der Waals surface area (Å²) in [6.07, 6.45) is 10.4. The van der Waals surface area contributed by atoms with E-state index in [1.807, 2.05) is 0 Å². The Labute approximate surface area is 77.4 Å². The SMILES string of the molecule is C[B]CC1(CC2(C)CC2)CCC1. The molecule has 0 bridgehead atoms. The molecule has 0 aromatic rings. The Morgan fingerprint density at radius 3 is 2.17 bits per heavy atom. The Kier molecular flexibility index (Phi) is 2.01. The molecule has 2 fully saturated rings. The highest BCUT2D eigenvalue weighted by Gasteiger charge is 2.47. The lowest BCUT2D eigenvalue weighted by Crippen LogP contribution is -2.32. The van der Waals surface area contributed by atoms with E-state index in [0.29, 0.717) is 0 Å². The van der Waals surface area contributed by atoms with Crippen LogP contribution in [0.4, 0.5) is 0 Å². The monoisotopic (exact) mass is 163 g/mol. The Balaban J connectivity index is 1.89. The third-order valence-electron chi connectivity index (χ3n) is 3.96. The van der Waals surface area contributed by atoms with Crippen LogP contribution < -0.4 is 0 Å². The molecule has 67 valence electrons. The Morgan fingerprint density at radius 2 is 1.83 bits per heavy atom. The molecule has 1 heteroatoms. The van der Waals surface area contributed by atoms with Crippen LogP contribution in [0.2, 0.25) is 13.1 Å². The van der Waals surface area contributed by atoms with Gasteiger partial charge in [0.15, 0.2) is 0 Å². The molecule has 1 radical (unpaired) electrons. The Bertz CT molecular complexity index is 166. The molecule has 0 N–H and O–H groups in total. The molecular formula is C11H20B. The van der Waals surface area contributed by atoms with Gasteiger partial charge in [-0.1, -0.05) is 26.5 Å². The highest BCUT2D eigenvalue weighted by atomic mass is 14.5. The normalized spacial score (nSPS) is 29.2. The first-order valence-corrected chi connectivity index (χ1v) is 5.46. The molecule has 0 saturated heterocycles. The van der Waals surface area contributed by atoms with Crippen LogP contribution in [0.3, 0.4) is 0 Å². The van der Waals surface area contributed by atoms with E-state index in [9.17, 15) is 0 Å². The van der Waals surface area contributed by atoms with Crippen LogP contribution in [0.25, 0.3) is 0 Å². The van der Waals surface area contributed by atoms with Crippen molar-refractivity contribution in [3.05, 3.63) is 0 Å². The van der Waals surface area contributed by atoms with E-state index in [1.165, 1.54) is 44.8 Å². The minimum absolute atomic E-state index is 0.764. The van der Waals surface area contributed by atoms with Gasteiger partial charge in [-0.25, -0.2) is 0 Å². The molecule has 2 aliphatic carbocycles. The van der Waals surface area contributed by atoms with Gasteiger partial charge in [0, 0.05) is 0 Å². The van der Waals surface area contributed by atoms with Crippen molar-refractivity contribution in [1.82, 2.24) is 0 Å². The van der Waals surface area contributed by atoms with Crippen LogP contribution in [0.5, 0.6) is 0 Å². The first-order valence-electron chi connectivity index (χ1n) is 5.46. The van der Waals surface area contributed by atoms with Crippen molar-refractivity contribution >= 4 is 7.28 Å². The fourth-order valence-electron chi connectivity index (χ4n) is 2.86. The van der Waals surface area contributed by atoms with Crippen molar-refractivity contribution < 1.29 is 0 Å². The summed E-state index contributed by atoms with van der Waals surface area (Å²) in [4.78, 5) is 0. The summed E-state index contributed by atoms with van der Waals surface area (Å²) in [7, 11) is 2.38. The van der Waals surface area contributed by atoms with Crippen molar-refractivity contribution in [2.24, 2.45) is 10.8 Å². The molecule has 0 nitrogen and oxygen atoms in total. The summed E-state index contributed by atoms with van der Waals surface area (Å²) in [6, 6.07) is 0. The van der Waals surface area contributed by atoms with Gasteiger partial charge in [-0.3, -0.25) is 0 Å². The Morgan fingerprint density at radius 1 is 1.17 bits per heavy atom. The van der Waals surface area contributed by atoms with Crippen molar-refractivity contribution in [2.45, 2.75) is 58.6 Å². The topological polar surface area (TPSA) is 0 Å². The van der Waals surface area contributed by atoms with Crippen LogP contribution >= 0.6 is 0 Å². The second-order valence-electron chi connectivity index (χ2n) is 5.45. The fraction of sp³-hybridized carbons (Fsp3) is 1.00. The van der Waals surface area contributed by atoms with Gasteiger partial charge >= 0.3 is 0 Å². The lowest BCUT2D eigenvalue weighted by atomic mass is 9.53. The minimum Gasteiger partial charge on any atom is -0.0920 e. The highest BCUT2D eigenvalue weighted by molar-refractivity contribution is 6.33. The molecule has 0 unspecified atom stereocenters. The molecule has 2 aliphatic rings. The summed E-state index contributed by atoms with van der Waals surface area (Å²) < 4.78 is 0. The number of hydrogen-bond acceptors (Lipinski definition) is 0. The smallest absolute Gasteiger partial charge is 0.0920 e. The van der Waals surface area contributed by atoms with E-state index in [-0.39, 0.29) is 0 Å². The molecule has 0 heterocycles. The molecule has 0 aromatic carbocycles. The van der Waals surface area contributed by atoms with E-state index in [0.717, 1.165) is 10.8 Å². The standard InChI is InChI=1S/C11H20B/c1-10(6-7-10)8-11(9-12-2)4-3-5-11/h3-9H2,1-2H3. The first-order chi connectivity index (χ1) is 5.68. The van der Waals surface area contributed by atoms with E-state index in [1.54, 1.807) is 0 Å². The zero-order valence-corrected chi connectivity index (χ0v) is 8.53. The van der Waals surface area contributed by atoms with Gasteiger partial charge in [0.1, 0.15) is 7.28 Å². The van der Waals surface area contributed by atoms with Crippen molar-refractivity contribution in [3.63, 3.8) is 0 Å². The second kappa shape index (κ2) is 2.78. The van der Waals surface area contributed by atoms with Crippen molar-refractivity contribution in [2.75, 3.05) is 0 Å². The zero-order chi connectivity index (χ0) is 8.66. The summed E-state index contributed by atoms with van der Waals surface area (Å²) in [5.74, 6) is 0. The van der Waals surface area contributed by atoms with Crippen LogP contribution in [0.15, 0.2) is 0 Å². The summed E-state index contributed by atoms with van der Waals surface area (Å²) in [5.41, 5.74) is 1.53. The van der Waals surface area contributed by atoms with E-state index < -0.39 is 0 Å². The molecule has 2 saturated carbocycles. The molecule has 2 rings (SSSR count). The highest BCUT2D eigenvalue weighted by Crippen LogP contribution is 2.59. The maximum Gasteiger partial charge on any atom is 0.106 e. The molecule has 0 aliphatic heterocycles. The maximum absolute atomic E-state index is 2.47. The molecular weight excluding hydrogens is 143 g/mol. The predicted octanol–water partition coefficient (Wildman–Crippen LogP) is 3.52. The van der Waals surface area contributed by atoms with Crippen LogP contribution in [0.1, 0.15) is 45.4 Å². The molecule has 0 aromatic heterocycles. The molecule has 12 heavy (non-hydrogen) atoms. The van der Waals surface area contributed by atoms with Gasteiger partial charge in [-0.2, -0.15) is 0 Å². The second-order valence-corrected chi connectivity index (χ2v) is 5.45. The third-order valence-corrected chi connectivity index (χ3v) is 3.96. The van der Waals surface area contributed by atoms with Gasteiger partial charge < -0.3 is 0 Å². The predicted molar refractivity (Wildman–Crippen MR) is 54.7 cm³/mol. The van der Waals surface area contributed by atoms with Gasteiger partial charge in [-0.05, 0) is 42.9 Å². The average molecular weight is 163 g/mol. The van der Waals surface area contributed by atoms with Gasteiger partial charge in [-0.15, -0.1) is 0 Å². The van der Waals surface area contributed by atoms with Crippen molar-refractivity contribution in [1.29, 1.82) is 0 Å². The molecule has 0 amide bonds. The maximum atomic E-state index is 2.47. The molecule has 0 spiro atoms. The Hall–Kier alpha value is 0.0649. The number of hydrogen-bond donors (Lipinski definition) is 0.